The molecule has 6 nitrogen and oxygen atoms in total. The van der Waals surface area contributed by atoms with Gasteiger partial charge in [-0.2, -0.15) is 0 Å². The first kappa shape index (κ1) is 26.0. The molecule has 1 saturated carbocycles. The SMILES string of the molecule is C[C@@H](CCCOC1C=CC(C(=N)N)=CC1)C1CCC(CCCOc2ccc(C(=N)N)cc2)CC1. The highest BCUT2D eigenvalue weighted by Crippen LogP contribution is 2.37. The van der Waals surface area contributed by atoms with Gasteiger partial charge in [0.15, 0.2) is 0 Å². The van der Waals surface area contributed by atoms with E-state index >= 15 is 0 Å². The molecule has 2 atom stereocenters. The second-order valence-electron chi connectivity index (χ2n) is 9.91. The molecule has 0 heterocycles. The van der Waals surface area contributed by atoms with E-state index in [-0.39, 0.29) is 17.8 Å². The molecule has 3 rings (SSSR count). The van der Waals surface area contributed by atoms with E-state index in [9.17, 15) is 0 Å². The Labute approximate surface area is 204 Å². The Balaban J connectivity index is 1.22. The molecule has 6 heteroatoms. The van der Waals surface area contributed by atoms with Gasteiger partial charge in [0.05, 0.1) is 12.7 Å². The molecule has 1 fully saturated rings. The van der Waals surface area contributed by atoms with Crippen LogP contribution in [0, 0.1) is 28.6 Å². The summed E-state index contributed by atoms with van der Waals surface area (Å²) in [5.41, 5.74) is 12.5. The molecule has 2 aliphatic rings. The summed E-state index contributed by atoms with van der Waals surface area (Å²) in [6, 6.07) is 7.45. The molecule has 1 aromatic rings. The number of hydrogen-bond acceptors (Lipinski definition) is 4. The lowest BCUT2D eigenvalue weighted by atomic mass is 9.74. The third kappa shape index (κ3) is 8.32. The third-order valence-electron chi connectivity index (χ3n) is 7.39. The number of hydrogen-bond donors (Lipinski definition) is 4. The van der Waals surface area contributed by atoms with Crippen LogP contribution in [-0.2, 0) is 4.74 Å². The van der Waals surface area contributed by atoms with E-state index in [4.69, 9.17) is 31.8 Å². The van der Waals surface area contributed by atoms with Crippen LogP contribution in [0.4, 0.5) is 0 Å². The zero-order valence-corrected chi connectivity index (χ0v) is 20.6. The first-order chi connectivity index (χ1) is 16.4. The number of rotatable bonds is 13. The van der Waals surface area contributed by atoms with Gasteiger partial charge < -0.3 is 20.9 Å². The molecule has 2 aliphatic carbocycles. The van der Waals surface area contributed by atoms with E-state index in [1.165, 1.54) is 38.5 Å². The van der Waals surface area contributed by atoms with Gasteiger partial charge in [0.25, 0.3) is 0 Å². The van der Waals surface area contributed by atoms with Crippen molar-refractivity contribution in [2.75, 3.05) is 13.2 Å². The minimum Gasteiger partial charge on any atom is -0.494 e. The van der Waals surface area contributed by atoms with Gasteiger partial charge in [-0.3, -0.25) is 10.8 Å². The second kappa shape index (κ2) is 13.3. The largest absolute Gasteiger partial charge is 0.494 e. The van der Waals surface area contributed by atoms with Crippen molar-refractivity contribution >= 4 is 11.7 Å². The molecule has 0 radical (unpaired) electrons. The Morgan fingerprint density at radius 3 is 2.35 bits per heavy atom. The monoisotopic (exact) mass is 466 g/mol. The minimum absolute atomic E-state index is 0.0875. The summed E-state index contributed by atoms with van der Waals surface area (Å²) < 4.78 is 11.9. The maximum atomic E-state index is 7.47. The molecule has 1 unspecified atom stereocenters. The van der Waals surface area contributed by atoms with E-state index in [1.54, 1.807) is 0 Å². The van der Waals surface area contributed by atoms with Gasteiger partial charge in [-0.1, -0.05) is 38.0 Å². The minimum atomic E-state index is 0.0875. The summed E-state index contributed by atoms with van der Waals surface area (Å²) in [4.78, 5) is 0. The van der Waals surface area contributed by atoms with Crippen molar-refractivity contribution in [2.24, 2.45) is 29.2 Å². The fraction of sp³-hybridized carbons (Fsp3) is 0.571. The fourth-order valence-corrected chi connectivity index (χ4v) is 5.14. The third-order valence-corrected chi connectivity index (χ3v) is 7.39. The number of benzene rings is 1. The fourth-order valence-electron chi connectivity index (χ4n) is 5.14. The average Bonchev–Trinajstić information content (AvgIpc) is 2.85. The molecule has 186 valence electrons. The molecular weight excluding hydrogens is 424 g/mol. The lowest BCUT2D eigenvalue weighted by molar-refractivity contribution is 0.0776. The van der Waals surface area contributed by atoms with Crippen molar-refractivity contribution in [1.29, 1.82) is 10.8 Å². The van der Waals surface area contributed by atoms with Crippen LogP contribution in [0.15, 0.2) is 48.1 Å². The standard InChI is InChI=1S/C28H42N4O2/c1-20(4-2-18-33-25-14-10-23(11-15-25)27(29)30)22-8-6-21(7-9-22)5-3-19-34-26-16-12-24(13-17-26)28(31)32/h10-14,16-17,20-22,25H,2-9,15,18-19H2,1H3,(H3,29,30)(H3,31,32)/t20-,21?,22?,25?/m0/s1. The van der Waals surface area contributed by atoms with E-state index in [2.05, 4.69) is 6.92 Å². The summed E-state index contributed by atoms with van der Waals surface area (Å²) in [6.45, 7) is 3.96. The van der Waals surface area contributed by atoms with Crippen LogP contribution in [0.5, 0.6) is 5.75 Å². The molecule has 34 heavy (non-hydrogen) atoms. The quantitative estimate of drug-likeness (QED) is 0.173. The average molecular weight is 467 g/mol. The molecular formula is C28H42N4O2. The van der Waals surface area contributed by atoms with Crippen molar-refractivity contribution in [3.63, 3.8) is 0 Å². The van der Waals surface area contributed by atoms with E-state index in [1.807, 2.05) is 42.5 Å². The highest BCUT2D eigenvalue weighted by Gasteiger charge is 2.25. The van der Waals surface area contributed by atoms with Crippen LogP contribution in [0.1, 0.15) is 70.3 Å². The van der Waals surface area contributed by atoms with Gasteiger partial charge in [0.1, 0.15) is 17.4 Å². The summed E-state index contributed by atoms with van der Waals surface area (Å²) in [5, 5.41) is 14.9. The predicted octanol–water partition coefficient (Wildman–Crippen LogP) is 5.56. The number of ether oxygens (including phenoxy) is 2. The summed E-state index contributed by atoms with van der Waals surface area (Å²) in [7, 11) is 0. The Hall–Kier alpha value is -2.60. The van der Waals surface area contributed by atoms with Crippen LogP contribution < -0.4 is 16.2 Å². The van der Waals surface area contributed by atoms with Gasteiger partial charge in [-0.15, -0.1) is 0 Å². The van der Waals surface area contributed by atoms with Gasteiger partial charge in [-0.25, -0.2) is 0 Å². The number of amidine groups is 2. The van der Waals surface area contributed by atoms with Crippen molar-refractivity contribution < 1.29 is 9.47 Å². The van der Waals surface area contributed by atoms with E-state index in [0.29, 0.717) is 0 Å². The second-order valence-corrected chi connectivity index (χ2v) is 9.91. The zero-order valence-electron chi connectivity index (χ0n) is 20.6. The van der Waals surface area contributed by atoms with Gasteiger partial charge in [0.2, 0.25) is 0 Å². The van der Waals surface area contributed by atoms with E-state index in [0.717, 1.165) is 67.1 Å². The van der Waals surface area contributed by atoms with E-state index < -0.39 is 0 Å². The van der Waals surface area contributed by atoms with Crippen LogP contribution in [0.2, 0.25) is 0 Å². The van der Waals surface area contributed by atoms with Crippen LogP contribution in [-0.4, -0.2) is 31.0 Å². The van der Waals surface area contributed by atoms with Crippen molar-refractivity contribution in [3.8, 4) is 5.75 Å². The maximum absolute atomic E-state index is 7.47. The molecule has 0 spiro atoms. The van der Waals surface area contributed by atoms with Crippen LogP contribution in [0.25, 0.3) is 0 Å². The Bertz CT molecular complexity index is 854. The molecule has 0 bridgehead atoms. The molecule has 0 aromatic heterocycles. The van der Waals surface area contributed by atoms with Crippen LogP contribution >= 0.6 is 0 Å². The molecule has 0 saturated heterocycles. The summed E-state index contributed by atoms with van der Waals surface area (Å²) in [5.74, 6) is 3.51. The normalized spacial score (nSPS) is 23.2. The zero-order chi connectivity index (χ0) is 24.3. The topological polar surface area (TPSA) is 118 Å². The number of nitrogens with two attached hydrogens (primary N) is 2. The first-order valence-corrected chi connectivity index (χ1v) is 12.8. The Morgan fingerprint density at radius 2 is 1.74 bits per heavy atom. The highest BCUT2D eigenvalue weighted by molar-refractivity contribution is 5.97. The molecule has 6 N–H and O–H groups in total. The Kier molecular flexibility index (Phi) is 10.2. The highest BCUT2D eigenvalue weighted by atomic mass is 16.5. The van der Waals surface area contributed by atoms with Crippen molar-refractivity contribution in [2.45, 2.75) is 70.8 Å². The smallest absolute Gasteiger partial charge is 0.122 e. The van der Waals surface area contributed by atoms with Gasteiger partial charge in [-0.05, 0) is 87.0 Å². The Morgan fingerprint density at radius 1 is 1.00 bits per heavy atom. The molecule has 1 aromatic carbocycles. The maximum Gasteiger partial charge on any atom is 0.122 e. The molecule has 0 amide bonds. The summed E-state index contributed by atoms with van der Waals surface area (Å²) in [6.07, 6.45) is 16.9. The van der Waals surface area contributed by atoms with Gasteiger partial charge >= 0.3 is 0 Å². The van der Waals surface area contributed by atoms with Gasteiger partial charge in [0, 0.05) is 17.7 Å². The number of nitrogens with one attached hydrogen (secondary N) is 2. The molecule has 0 aliphatic heterocycles. The van der Waals surface area contributed by atoms with Crippen molar-refractivity contribution in [1.82, 2.24) is 0 Å². The lowest BCUT2D eigenvalue weighted by Crippen LogP contribution is -2.21. The lowest BCUT2D eigenvalue weighted by Gasteiger charge is -2.32. The summed E-state index contributed by atoms with van der Waals surface area (Å²) >= 11 is 0. The predicted molar refractivity (Wildman–Crippen MR) is 140 cm³/mol. The number of nitrogen functional groups attached to an aromatic ring is 1. The van der Waals surface area contributed by atoms with Crippen molar-refractivity contribution in [3.05, 3.63) is 53.6 Å². The van der Waals surface area contributed by atoms with Crippen LogP contribution in [0.3, 0.4) is 0 Å². The first-order valence-electron chi connectivity index (χ1n) is 12.8.